The van der Waals surface area contributed by atoms with Crippen LogP contribution in [-0.4, -0.2) is 29.5 Å². The first-order valence-electron chi connectivity index (χ1n) is 4.68. The molecule has 0 saturated carbocycles. The first-order valence-corrected chi connectivity index (χ1v) is 4.68. The van der Waals surface area contributed by atoms with E-state index >= 15 is 0 Å². The van der Waals surface area contributed by atoms with Gasteiger partial charge in [-0.05, 0) is 18.9 Å². The Labute approximate surface area is 82.2 Å². The lowest BCUT2D eigenvalue weighted by Crippen LogP contribution is -2.16. The van der Waals surface area contributed by atoms with E-state index in [1.807, 2.05) is 0 Å². The van der Waals surface area contributed by atoms with Gasteiger partial charge in [0.1, 0.15) is 12.4 Å². The smallest absolute Gasteiger partial charge is 0.233 e. The number of anilines is 1. The van der Waals surface area contributed by atoms with E-state index in [-0.39, 0.29) is 6.10 Å². The Balaban J connectivity index is 1.82. The standard InChI is InChI=1S/C9H13N3O2/c10-8-3-4-9(12-11-8)14-6-7-2-1-5-13-7/h3-4,7H,1-2,5-6H2,(H2,10,11). The molecule has 1 aromatic heterocycles. The second kappa shape index (κ2) is 4.23. The SMILES string of the molecule is Nc1ccc(OCC2CCCO2)nn1. The Morgan fingerprint density at radius 3 is 3.07 bits per heavy atom. The molecule has 2 heterocycles. The van der Waals surface area contributed by atoms with Gasteiger partial charge in [-0.15, -0.1) is 10.2 Å². The highest BCUT2D eigenvalue weighted by molar-refractivity contribution is 5.27. The van der Waals surface area contributed by atoms with Crippen molar-refractivity contribution in [2.24, 2.45) is 0 Å². The predicted molar refractivity (Wildman–Crippen MR) is 50.9 cm³/mol. The number of ether oxygens (including phenoxy) is 2. The molecule has 0 radical (unpaired) electrons. The molecule has 0 aliphatic carbocycles. The number of hydrogen-bond acceptors (Lipinski definition) is 5. The third kappa shape index (κ3) is 2.32. The van der Waals surface area contributed by atoms with Gasteiger partial charge in [0.25, 0.3) is 0 Å². The number of nitrogen functional groups attached to an aromatic ring is 1. The van der Waals surface area contributed by atoms with Crippen molar-refractivity contribution in [1.29, 1.82) is 0 Å². The van der Waals surface area contributed by atoms with E-state index in [2.05, 4.69) is 10.2 Å². The molecule has 0 aromatic carbocycles. The maximum Gasteiger partial charge on any atom is 0.233 e. The second-order valence-electron chi connectivity index (χ2n) is 3.24. The van der Waals surface area contributed by atoms with Crippen LogP contribution in [0.15, 0.2) is 12.1 Å². The molecule has 1 unspecified atom stereocenters. The van der Waals surface area contributed by atoms with Crippen LogP contribution in [0.4, 0.5) is 5.82 Å². The first kappa shape index (κ1) is 9.21. The second-order valence-corrected chi connectivity index (χ2v) is 3.24. The van der Waals surface area contributed by atoms with Crippen molar-refractivity contribution < 1.29 is 9.47 Å². The van der Waals surface area contributed by atoms with E-state index in [1.165, 1.54) is 0 Å². The Bertz CT molecular complexity index is 283. The lowest BCUT2D eigenvalue weighted by molar-refractivity contribution is 0.0660. The average Bonchev–Trinajstić information content (AvgIpc) is 2.70. The highest BCUT2D eigenvalue weighted by atomic mass is 16.5. The van der Waals surface area contributed by atoms with Gasteiger partial charge in [-0.25, -0.2) is 0 Å². The number of aromatic nitrogens is 2. The summed E-state index contributed by atoms with van der Waals surface area (Å²) in [7, 11) is 0. The third-order valence-electron chi connectivity index (χ3n) is 2.10. The van der Waals surface area contributed by atoms with E-state index < -0.39 is 0 Å². The van der Waals surface area contributed by atoms with Crippen LogP contribution in [0.2, 0.25) is 0 Å². The van der Waals surface area contributed by atoms with Gasteiger partial charge in [0.2, 0.25) is 5.88 Å². The summed E-state index contributed by atoms with van der Waals surface area (Å²) in [5.74, 6) is 0.893. The maximum atomic E-state index is 5.40. The molecule has 76 valence electrons. The largest absolute Gasteiger partial charge is 0.474 e. The molecule has 1 fully saturated rings. The molecule has 1 saturated heterocycles. The van der Waals surface area contributed by atoms with Crippen molar-refractivity contribution in [3.63, 3.8) is 0 Å². The molecular formula is C9H13N3O2. The fourth-order valence-electron chi connectivity index (χ4n) is 1.36. The average molecular weight is 195 g/mol. The van der Waals surface area contributed by atoms with E-state index in [1.54, 1.807) is 12.1 Å². The summed E-state index contributed by atoms with van der Waals surface area (Å²) in [5.41, 5.74) is 5.39. The normalized spacial score (nSPS) is 21.0. The van der Waals surface area contributed by atoms with Crippen LogP contribution in [0, 0.1) is 0 Å². The summed E-state index contributed by atoms with van der Waals surface area (Å²) in [6.45, 7) is 1.38. The van der Waals surface area contributed by atoms with Crippen molar-refractivity contribution in [3.8, 4) is 5.88 Å². The summed E-state index contributed by atoms with van der Waals surface area (Å²) in [5, 5.41) is 7.47. The Kier molecular flexibility index (Phi) is 2.78. The van der Waals surface area contributed by atoms with Gasteiger partial charge in [-0.3, -0.25) is 0 Å². The molecule has 2 N–H and O–H groups in total. The predicted octanol–water partition coefficient (Wildman–Crippen LogP) is 0.617. The number of nitrogens with two attached hydrogens (primary N) is 1. The molecule has 1 atom stereocenters. The first-order chi connectivity index (χ1) is 6.84. The minimum atomic E-state index is 0.203. The summed E-state index contributed by atoms with van der Waals surface area (Å²) >= 11 is 0. The topological polar surface area (TPSA) is 70.3 Å². The van der Waals surface area contributed by atoms with Gasteiger partial charge in [-0.2, -0.15) is 0 Å². The van der Waals surface area contributed by atoms with Crippen molar-refractivity contribution >= 4 is 5.82 Å². The maximum absolute atomic E-state index is 5.40. The Morgan fingerprint density at radius 2 is 2.43 bits per heavy atom. The fraction of sp³-hybridized carbons (Fsp3) is 0.556. The van der Waals surface area contributed by atoms with Crippen LogP contribution in [0.3, 0.4) is 0 Å². The fourth-order valence-corrected chi connectivity index (χ4v) is 1.36. The molecule has 5 nitrogen and oxygen atoms in total. The summed E-state index contributed by atoms with van der Waals surface area (Å²) < 4.78 is 10.8. The van der Waals surface area contributed by atoms with Gasteiger partial charge in [0, 0.05) is 12.7 Å². The van der Waals surface area contributed by atoms with E-state index in [0.29, 0.717) is 18.3 Å². The summed E-state index contributed by atoms with van der Waals surface area (Å²) in [6.07, 6.45) is 2.37. The van der Waals surface area contributed by atoms with Crippen LogP contribution in [0.5, 0.6) is 5.88 Å². The van der Waals surface area contributed by atoms with Crippen molar-refractivity contribution in [2.75, 3.05) is 18.9 Å². The number of hydrogen-bond donors (Lipinski definition) is 1. The van der Waals surface area contributed by atoms with E-state index in [4.69, 9.17) is 15.2 Å². The molecule has 1 aliphatic rings. The lowest BCUT2D eigenvalue weighted by Gasteiger charge is -2.09. The number of nitrogens with zero attached hydrogens (tertiary/aromatic N) is 2. The molecule has 0 amide bonds. The Hall–Kier alpha value is -1.36. The zero-order valence-electron chi connectivity index (χ0n) is 7.85. The van der Waals surface area contributed by atoms with Crippen LogP contribution in [-0.2, 0) is 4.74 Å². The van der Waals surface area contributed by atoms with Gasteiger partial charge in [0.05, 0.1) is 6.10 Å². The van der Waals surface area contributed by atoms with E-state index in [0.717, 1.165) is 19.4 Å². The van der Waals surface area contributed by atoms with Gasteiger partial charge in [-0.1, -0.05) is 0 Å². The van der Waals surface area contributed by atoms with E-state index in [9.17, 15) is 0 Å². The number of rotatable bonds is 3. The molecule has 14 heavy (non-hydrogen) atoms. The zero-order chi connectivity index (χ0) is 9.80. The molecule has 1 aliphatic heterocycles. The van der Waals surface area contributed by atoms with Crippen LogP contribution in [0.25, 0.3) is 0 Å². The summed E-state index contributed by atoms with van der Waals surface area (Å²) in [4.78, 5) is 0. The minimum Gasteiger partial charge on any atom is -0.474 e. The Morgan fingerprint density at radius 1 is 1.50 bits per heavy atom. The van der Waals surface area contributed by atoms with Gasteiger partial charge in [0.15, 0.2) is 0 Å². The van der Waals surface area contributed by atoms with Gasteiger partial charge < -0.3 is 15.2 Å². The zero-order valence-corrected chi connectivity index (χ0v) is 7.85. The minimum absolute atomic E-state index is 0.203. The monoisotopic (exact) mass is 195 g/mol. The molecule has 0 bridgehead atoms. The van der Waals surface area contributed by atoms with Crippen molar-refractivity contribution in [3.05, 3.63) is 12.1 Å². The third-order valence-corrected chi connectivity index (χ3v) is 2.10. The quantitative estimate of drug-likeness (QED) is 0.765. The van der Waals surface area contributed by atoms with Crippen molar-refractivity contribution in [1.82, 2.24) is 10.2 Å². The molecular weight excluding hydrogens is 182 g/mol. The highest BCUT2D eigenvalue weighted by Gasteiger charge is 2.16. The lowest BCUT2D eigenvalue weighted by atomic mass is 10.2. The summed E-state index contributed by atoms with van der Waals surface area (Å²) in [6, 6.07) is 3.37. The highest BCUT2D eigenvalue weighted by Crippen LogP contribution is 2.13. The molecule has 1 aromatic rings. The van der Waals surface area contributed by atoms with Crippen LogP contribution < -0.4 is 10.5 Å². The van der Waals surface area contributed by atoms with Crippen molar-refractivity contribution in [2.45, 2.75) is 18.9 Å². The van der Waals surface area contributed by atoms with Crippen LogP contribution >= 0.6 is 0 Å². The molecule has 2 rings (SSSR count). The van der Waals surface area contributed by atoms with Gasteiger partial charge >= 0.3 is 0 Å². The van der Waals surface area contributed by atoms with Crippen LogP contribution in [0.1, 0.15) is 12.8 Å². The molecule has 5 heteroatoms. The molecule has 0 spiro atoms.